The highest BCUT2D eigenvalue weighted by Crippen LogP contribution is 2.23. The maximum atomic E-state index is 2.35. The fourth-order valence-corrected chi connectivity index (χ4v) is 7.12. The minimum absolute atomic E-state index is 1.34. The van der Waals surface area contributed by atoms with Gasteiger partial charge in [0.2, 0.25) is 0 Å². The quantitative estimate of drug-likeness (QED) is 0.185. The van der Waals surface area contributed by atoms with Gasteiger partial charge in [0.1, 0.15) is 0 Å². The van der Waals surface area contributed by atoms with Gasteiger partial charge in [-0.2, -0.15) is 0 Å². The number of hydrogen-bond donors (Lipinski definition) is 0. The maximum absolute atomic E-state index is 2.35. The molecule has 2 aromatic rings. The summed E-state index contributed by atoms with van der Waals surface area (Å²) in [6.45, 7) is 0. The van der Waals surface area contributed by atoms with Crippen molar-refractivity contribution < 1.29 is 0 Å². The van der Waals surface area contributed by atoms with E-state index in [4.69, 9.17) is 0 Å². The predicted octanol–water partition coefficient (Wildman–Crippen LogP) is 8.21. The third-order valence-electron chi connectivity index (χ3n) is 1.93. The van der Waals surface area contributed by atoms with E-state index < -0.39 is 0 Å². The molecule has 0 radical (unpaired) electrons. The van der Waals surface area contributed by atoms with Crippen LogP contribution in [0.4, 0.5) is 0 Å². The van der Waals surface area contributed by atoms with Crippen LogP contribution in [-0.2, 0) is 0 Å². The Kier molecular flexibility index (Phi) is 12.4. The highest BCUT2D eigenvalue weighted by Gasteiger charge is 2.01. The summed E-state index contributed by atoms with van der Waals surface area (Å²) in [5, 5.41) is 0. The summed E-state index contributed by atoms with van der Waals surface area (Å²) in [4.78, 5) is 0. The Hall–Kier alpha value is 4.28. The van der Waals surface area contributed by atoms with Crippen LogP contribution in [0, 0.1) is 28.6 Å². The van der Waals surface area contributed by atoms with Crippen LogP contribution in [-0.4, -0.2) is 0 Å². The van der Waals surface area contributed by atoms with Crippen LogP contribution in [0.3, 0.4) is 0 Å². The van der Waals surface area contributed by atoms with Crippen molar-refractivity contribution in [2.75, 3.05) is 0 Å². The second-order valence-electron chi connectivity index (χ2n) is 3.36. The molecule has 0 fully saturated rings. The lowest BCUT2D eigenvalue weighted by Gasteiger charge is -1.99. The van der Waals surface area contributed by atoms with Crippen molar-refractivity contribution in [1.29, 1.82) is 0 Å². The van der Waals surface area contributed by atoms with Gasteiger partial charge in [-0.3, -0.25) is 0 Å². The standard InChI is InChI=1S/2C6H2I4/c2*7-3-1-4(8)6(10)2-5(3)9/h2*1-2H. The van der Waals surface area contributed by atoms with Gasteiger partial charge in [0.05, 0.1) is 0 Å². The minimum Gasteiger partial charge on any atom is -0.0431 e. The smallest absolute Gasteiger partial charge is 0.0275 e. The number of rotatable bonds is 0. The third kappa shape index (κ3) is 7.67. The van der Waals surface area contributed by atoms with Gasteiger partial charge < -0.3 is 0 Å². The largest absolute Gasteiger partial charge is 0.0431 e. The summed E-state index contributed by atoms with van der Waals surface area (Å²) in [6.07, 6.45) is 0. The molecule has 0 spiro atoms. The van der Waals surface area contributed by atoms with Crippen molar-refractivity contribution in [2.24, 2.45) is 0 Å². The van der Waals surface area contributed by atoms with Crippen molar-refractivity contribution in [3.63, 3.8) is 0 Å². The zero-order valence-corrected chi connectivity index (χ0v) is 26.6. The lowest BCUT2D eigenvalue weighted by molar-refractivity contribution is 1.49. The van der Waals surface area contributed by atoms with E-state index in [0.29, 0.717) is 0 Å². The lowest BCUT2D eigenvalue weighted by atomic mass is 10.4. The Balaban J connectivity index is 0.000000200. The molecule has 0 nitrogen and oxygen atoms in total. The maximum Gasteiger partial charge on any atom is 0.0275 e. The van der Waals surface area contributed by atoms with Crippen LogP contribution in [0.1, 0.15) is 0 Å². The van der Waals surface area contributed by atoms with Crippen molar-refractivity contribution in [3.05, 3.63) is 52.8 Å². The molecule has 0 saturated carbocycles. The number of benzene rings is 2. The fourth-order valence-electron chi connectivity index (χ4n) is 0.997. The zero-order chi connectivity index (χ0) is 15.4. The van der Waals surface area contributed by atoms with E-state index in [2.05, 4.69) is 205 Å². The van der Waals surface area contributed by atoms with E-state index in [1.54, 1.807) is 0 Å². The topological polar surface area (TPSA) is 0 Å². The fraction of sp³-hybridized carbons (Fsp3) is 0. The molecule has 0 unspecified atom stereocenters. The first-order valence-electron chi connectivity index (χ1n) is 4.82. The Bertz CT molecular complexity index is 467. The van der Waals surface area contributed by atoms with Crippen LogP contribution in [0.25, 0.3) is 0 Å². The molecule has 20 heavy (non-hydrogen) atoms. The van der Waals surface area contributed by atoms with E-state index >= 15 is 0 Å². The van der Waals surface area contributed by atoms with E-state index in [1.807, 2.05) is 0 Å². The summed E-state index contributed by atoms with van der Waals surface area (Å²) in [5.74, 6) is 0. The van der Waals surface area contributed by atoms with Crippen molar-refractivity contribution >= 4 is 181 Å². The van der Waals surface area contributed by atoms with Gasteiger partial charge in [0, 0.05) is 28.6 Å². The third-order valence-corrected chi connectivity index (χ3v) is 13.2. The molecule has 0 bridgehead atoms. The second kappa shape index (κ2) is 11.1. The van der Waals surface area contributed by atoms with Gasteiger partial charge in [-0.05, 0) is 205 Å². The molecule has 0 amide bonds. The van der Waals surface area contributed by atoms with Gasteiger partial charge >= 0.3 is 0 Å². The molecular formula is C12H4I8. The van der Waals surface area contributed by atoms with Crippen LogP contribution in [0.15, 0.2) is 24.3 Å². The van der Waals surface area contributed by atoms with Crippen LogP contribution in [0.5, 0.6) is 0 Å². The van der Waals surface area contributed by atoms with E-state index in [-0.39, 0.29) is 0 Å². The SMILES string of the molecule is Ic1cc(I)c(I)cc1I.Ic1cc(I)c(I)cc1I. The van der Waals surface area contributed by atoms with Crippen molar-refractivity contribution in [2.45, 2.75) is 0 Å². The highest BCUT2D eigenvalue weighted by molar-refractivity contribution is 14.1. The minimum atomic E-state index is 1.34. The monoisotopic (exact) mass is 1160 g/mol. The van der Waals surface area contributed by atoms with Crippen molar-refractivity contribution in [3.8, 4) is 0 Å². The lowest BCUT2D eigenvalue weighted by Crippen LogP contribution is -1.85. The van der Waals surface area contributed by atoms with Gasteiger partial charge in [-0.25, -0.2) is 0 Å². The number of hydrogen-bond acceptors (Lipinski definition) is 0. The molecular weight excluding hydrogens is 1160 g/mol. The molecule has 0 heterocycles. The molecule has 0 saturated heterocycles. The highest BCUT2D eigenvalue weighted by atomic mass is 127. The molecule has 108 valence electrons. The van der Waals surface area contributed by atoms with E-state index in [0.717, 1.165) is 0 Å². The molecule has 2 aromatic carbocycles. The summed E-state index contributed by atoms with van der Waals surface area (Å²) < 4.78 is 10.7. The molecule has 0 N–H and O–H groups in total. The summed E-state index contributed by atoms with van der Waals surface area (Å²) in [7, 11) is 0. The predicted molar refractivity (Wildman–Crippen MR) is 155 cm³/mol. The average molecular weight is 1160 g/mol. The Labute approximate surface area is 228 Å². The number of halogens is 8. The normalized spacial score (nSPS) is 10.0. The van der Waals surface area contributed by atoms with Crippen LogP contribution in [0.2, 0.25) is 0 Å². The first-order chi connectivity index (χ1) is 9.22. The average Bonchev–Trinajstić information content (AvgIpc) is 2.35. The zero-order valence-electron chi connectivity index (χ0n) is 9.33. The molecule has 0 aliphatic heterocycles. The van der Waals surface area contributed by atoms with Gasteiger partial charge in [-0.15, -0.1) is 0 Å². The van der Waals surface area contributed by atoms with E-state index in [9.17, 15) is 0 Å². The Morgan fingerprint density at radius 3 is 0.500 bits per heavy atom. The summed E-state index contributed by atoms with van der Waals surface area (Å²) in [6, 6.07) is 8.80. The first-order valence-corrected chi connectivity index (χ1v) is 13.5. The second-order valence-corrected chi connectivity index (χ2v) is 12.7. The molecule has 0 aliphatic rings. The van der Waals surface area contributed by atoms with Gasteiger partial charge in [0.25, 0.3) is 0 Å². The van der Waals surface area contributed by atoms with Gasteiger partial charge in [-0.1, -0.05) is 0 Å². The molecule has 8 heteroatoms. The molecule has 0 aromatic heterocycles. The molecule has 0 aliphatic carbocycles. The summed E-state index contributed by atoms with van der Waals surface area (Å²) >= 11 is 18.8. The Morgan fingerprint density at radius 1 is 0.300 bits per heavy atom. The molecule has 2 rings (SSSR count). The van der Waals surface area contributed by atoms with Gasteiger partial charge in [0.15, 0.2) is 0 Å². The van der Waals surface area contributed by atoms with Crippen LogP contribution >= 0.6 is 181 Å². The van der Waals surface area contributed by atoms with Crippen molar-refractivity contribution in [1.82, 2.24) is 0 Å². The van der Waals surface area contributed by atoms with E-state index in [1.165, 1.54) is 28.6 Å². The summed E-state index contributed by atoms with van der Waals surface area (Å²) in [5.41, 5.74) is 0. The molecule has 0 atom stereocenters. The first kappa shape index (κ1) is 22.3. The van der Waals surface area contributed by atoms with Crippen LogP contribution < -0.4 is 0 Å². The Morgan fingerprint density at radius 2 is 0.400 bits per heavy atom.